The second-order valence-corrected chi connectivity index (χ2v) is 13.3. The minimum absolute atomic E-state index is 0.329. The van der Waals surface area contributed by atoms with Crippen LogP contribution in [0.25, 0.3) is 0 Å². The molecule has 4 nitrogen and oxygen atoms in total. The van der Waals surface area contributed by atoms with E-state index < -0.39 is 0 Å². The van der Waals surface area contributed by atoms with Crippen LogP contribution in [-0.4, -0.2) is 20.5 Å². The van der Waals surface area contributed by atoms with E-state index in [4.69, 9.17) is 5.26 Å². The maximum absolute atomic E-state index is 11.3. The molecule has 5 aliphatic rings. The van der Waals surface area contributed by atoms with E-state index in [0.29, 0.717) is 16.9 Å². The highest BCUT2D eigenvalue weighted by Gasteiger charge is 2.58. The van der Waals surface area contributed by atoms with Gasteiger partial charge in [-0.15, -0.1) is 0 Å². The molecule has 5 saturated carbocycles. The van der Waals surface area contributed by atoms with Gasteiger partial charge in [0.25, 0.3) is 0 Å². The van der Waals surface area contributed by atoms with E-state index in [0.717, 1.165) is 67.2 Å². The van der Waals surface area contributed by atoms with Gasteiger partial charge in [0.15, 0.2) is 0 Å². The van der Waals surface area contributed by atoms with Gasteiger partial charge < -0.3 is 5.11 Å². The Kier molecular flexibility index (Phi) is 5.44. The SMILES string of the molecule is C[C@@H](Cn1cc(C#N)cn1)C1CC[C@H]2[C@@H]3CC[C@@H]4C[C@@](O)(CC5CC5)CC[C@@H]4[C@H]3CC[C@]12C. The predicted molar refractivity (Wildman–Crippen MR) is 129 cm³/mol. The molecule has 1 unspecified atom stereocenters. The number of fused-ring (bicyclic) bond motifs is 5. The van der Waals surface area contributed by atoms with E-state index in [1.54, 1.807) is 6.20 Å². The first-order chi connectivity index (χ1) is 15.9. The smallest absolute Gasteiger partial charge is 0.102 e. The first-order valence-electron chi connectivity index (χ1n) is 14.0. The molecule has 1 aromatic rings. The molecule has 4 heteroatoms. The maximum Gasteiger partial charge on any atom is 0.102 e. The van der Waals surface area contributed by atoms with Crippen molar-refractivity contribution in [2.75, 3.05) is 0 Å². The number of aliphatic hydroxyl groups is 1. The van der Waals surface area contributed by atoms with Crippen LogP contribution in [0.2, 0.25) is 0 Å². The molecule has 0 radical (unpaired) electrons. The summed E-state index contributed by atoms with van der Waals surface area (Å²) in [6, 6.07) is 2.21. The van der Waals surface area contributed by atoms with Crippen molar-refractivity contribution in [3.63, 3.8) is 0 Å². The van der Waals surface area contributed by atoms with Crippen molar-refractivity contribution in [2.24, 2.45) is 52.8 Å². The number of aromatic nitrogens is 2. The molecule has 0 bridgehead atoms. The van der Waals surface area contributed by atoms with Gasteiger partial charge in [0, 0.05) is 12.7 Å². The Bertz CT molecular complexity index is 914. The summed E-state index contributed by atoms with van der Waals surface area (Å²) in [4.78, 5) is 0. The van der Waals surface area contributed by atoms with E-state index in [1.165, 1.54) is 57.8 Å². The van der Waals surface area contributed by atoms with Crippen LogP contribution in [0, 0.1) is 64.1 Å². The standard InChI is InChI=1S/C29H43N3O/c1-19(17-32-18-21(15-30)16-31-32)26-7-8-27-25-6-5-22-14-29(33,13-20-3-4-20)12-10-23(22)24(25)9-11-28(26,27)2/h16,18-20,22-27,33H,3-14,17H2,1-2H3/t19-,22+,23-,24+,25+,26?,27-,28+,29-/m0/s1. The summed E-state index contributed by atoms with van der Waals surface area (Å²) < 4.78 is 2.00. The number of hydrogen-bond donors (Lipinski definition) is 1. The zero-order valence-electron chi connectivity index (χ0n) is 20.8. The molecule has 9 atom stereocenters. The van der Waals surface area contributed by atoms with E-state index in [-0.39, 0.29) is 5.60 Å². The van der Waals surface area contributed by atoms with Crippen molar-refractivity contribution < 1.29 is 5.11 Å². The second-order valence-electron chi connectivity index (χ2n) is 13.3. The van der Waals surface area contributed by atoms with Crippen LogP contribution in [-0.2, 0) is 6.54 Å². The van der Waals surface area contributed by atoms with Gasteiger partial charge in [-0.2, -0.15) is 10.4 Å². The van der Waals surface area contributed by atoms with Gasteiger partial charge in [0.05, 0.1) is 17.4 Å². The molecule has 0 spiro atoms. The Morgan fingerprint density at radius 1 is 1.09 bits per heavy atom. The Balaban J connectivity index is 1.13. The van der Waals surface area contributed by atoms with E-state index in [1.807, 2.05) is 10.9 Å². The fraction of sp³-hybridized carbons (Fsp3) is 0.862. The number of nitriles is 1. The van der Waals surface area contributed by atoms with Crippen LogP contribution in [0.15, 0.2) is 12.4 Å². The molecule has 0 aromatic carbocycles. The second kappa shape index (κ2) is 8.11. The fourth-order valence-corrected chi connectivity index (χ4v) is 9.93. The van der Waals surface area contributed by atoms with Crippen molar-refractivity contribution in [2.45, 2.75) is 103 Å². The molecule has 180 valence electrons. The Labute approximate surface area is 200 Å². The molecule has 5 fully saturated rings. The van der Waals surface area contributed by atoms with Gasteiger partial charge in [0.2, 0.25) is 0 Å². The monoisotopic (exact) mass is 449 g/mol. The summed E-state index contributed by atoms with van der Waals surface area (Å²) in [5.74, 6) is 6.62. The minimum atomic E-state index is -0.329. The Morgan fingerprint density at radius 3 is 2.67 bits per heavy atom. The first kappa shape index (κ1) is 22.1. The summed E-state index contributed by atoms with van der Waals surface area (Å²) >= 11 is 0. The lowest BCUT2D eigenvalue weighted by Gasteiger charge is -2.57. The van der Waals surface area contributed by atoms with Gasteiger partial charge in [0.1, 0.15) is 6.07 Å². The third kappa shape index (κ3) is 3.87. The highest BCUT2D eigenvalue weighted by atomic mass is 16.3. The maximum atomic E-state index is 11.3. The average molecular weight is 450 g/mol. The zero-order valence-corrected chi connectivity index (χ0v) is 20.8. The van der Waals surface area contributed by atoms with Crippen molar-refractivity contribution in [1.29, 1.82) is 5.26 Å². The molecule has 5 aliphatic carbocycles. The molecule has 1 aromatic heterocycles. The quantitative estimate of drug-likeness (QED) is 0.583. The highest BCUT2D eigenvalue weighted by molar-refractivity contribution is 5.21. The van der Waals surface area contributed by atoms with Gasteiger partial charge in [-0.1, -0.05) is 26.7 Å². The van der Waals surface area contributed by atoms with Crippen molar-refractivity contribution in [3.8, 4) is 6.07 Å². The molecule has 1 N–H and O–H groups in total. The fourth-order valence-electron chi connectivity index (χ4n) is 9.93. The van der Waals surface area contributed by atoms with E-state index in [2.05, 4.69) is 25.0 Å². The Morgan fingerprint density at radius 2 is 1.91 bits per heavy atom. The lowest BCUT2D eigenvalue weighted by Crippen LogP contribution is -2.51. The number of hydrogen-bond acceptors (Lipinski definition) is 3. The summed E-state index contributed by atoms with van der Waals surface area (Å²) in [5, 5.41) is 24.9. The Hall–Kier alpha value is -1.34. The third-order valence-electron chi connectivity index (χ3n) is 11.5. The van der Waals surface area contributed by atoms with Gasteiger partial charge in [-0.25, -0.2) is 0 Å². The van der Waals surface area contributed by atoms with Gasteiger partial charge in [-0.3, -0.25) is 4.68 Å². The molecular formula is C29H43N3O. The number of rotatable bonds is 5. The molecule has 0 aliphatic heterocycles. The summed E-state index contributed by atoms with van der Waals surface area (Å²) in [5.41, 5.74) is 0.816. The predicted octanol–water partition coefficient (Wildman–Crippen LogP) is 6.19. The van der Waals surface area contributed by atoms with E-state index in [9.17, 15) is 5.11 Å². The van der Waals surface area contributed by atoms with Crippen LogP contribution in [0.5, 0.6) is 0 Å². The van der Waals surface area contributed by atoms with Crippen molar-refractivity contribution >= 4 is 0 Å². The van der Waals surface area contributed by atoms with Crippen LogP contribution < -0.4 is 0 Å². The van der Waals surface area contributed by atoms with Crippen LogP contribution in [0.1, 0.15) is 96.5 Å². The molecule has 33 heavy (non-hydrogen) atoms. The summed E-state index contributed by atoms with van der Waals surface area (Å²) in [7, 11) is 0. The first-order valence-corrected chi connectivity index (χ1v) is 14.0. The lowest BCUT2D eigenvalue weighted by atomic mass is 9.48. The van der Waals surface area contributed by atoms with Crippen molar-refractivity contribution in [1.82, 2.24) is 9.78 Å². The number of nitrogens with zero attached hydrogens (tertiary/aromatic N) is 3. The largest absolute Gasteiger partial charge is 0.390 e. The van der Waals surface area contributed by atoms with Crippen LogP contribution in [0.3, 0.4) is 0 Å². The molecule has 6 rings (SSSR count). The summed E-state index contributed by atoms with van der Waals surface area (Å²) in [6.45, 7) is 6.00. The average Bonchev–Trinajstić information content (AvgIpc) is 3.34. The van der Waals surface area contributed by atoms with Gasteiger partial charge in [-0.05, 0) is 117 Å². The van der Waals surface area contributed by atoms with Crippen molar-refractivity contribution in [3.05, 3.63) is 18.0 Å². The lowest BCUT2D eigenvalue weighted by molar-refractivity contribution is -0.112. The topological polar surface area (TPSA) is 61.8 Å². The van der Waals surface area contributed by atoms with Crippen LogP contribution >= 0.6 is 0 Å². The highest BCUT2D eigenvalue weighted by Crippen LogP contribution is 2.66. The molecular weight excluding hydrogens is 406 g/mol. The normalized spacial score (nSPS) is 45.5. The molecule has 0 amide bonds. The minimum Gasteiger partial charge on any atom is -0.390 e. The zero-order chi connectivity index (χ0) is 22.8. The third-order valence-corrected chi connectivity index (χ3v) is 11.5. The summed E-state index contributed by atoms with van der Waals surface area (Å²) in [6.07, 6.45) is 19.3. The molecule has 0 saturated heterocycles. The van der Waals surface area contributed by atoms with Gasteiger partial charge >= 0.3 is 0 Å². The van der Waals surface area contributed by atoms with E-state index >= 15 is 0 Å². The molecule has 1 heterocycles. The van der Waals surface area contributed by atoms with Crippen LogP contribution in [0.4, 0.5) is 0 Å².